The highest BCUT2D eigenvalue weighted by atomic mass is 16.7. The van der Waals surface area contributed by atoms with Gasteiger partial charge in [0.05, 0.1) is 13.2 Å². The Bertz CT molecular complexity index is 699. The van der Waals surface area contributed by atoms with Crippen molar-refractivity contribution >= 4 is 5.91 Å². The first-order valence-electron chi connectivity index (χ1n) is 7.02. The molecule has 1 N–H and O–H groups in total. The van der Waals surface area contributed by atoms with Gasteiger partial charge >= 0.3 is 0 Å². The van der Waals surface area contributed by atoms with Crippen LogP contribution in [0.1, 0.15) is 28.9 Å². The van der Waals surface area contributed by atoms with Gasteiger partial charge in [0.1, 0.15) is 5.75 Å². The van der Waals surface area contributed by atoms with Gasteiger partial charge in [-0.15, -0.1) is 0 Å². The minimum atomic E-state index is -0.159. The largest absolute Gasteiger partial charge is 0.497 e. The lowest BCUT2D eigenvalue weighted by molar-refractivity contribution is 0.0939. The highest BCUT2D eigenvalue weighted by Gasteiger charge is 2.17. The number of hydrogen-bond acceptors (Lipinski definition) is 4. The second-order valence-electron chi connectivity index (χ2n) is 5.04. The first kappa shape index (κ1) is 14.3. The Kier molecular flexibility index (Phi) is 3.87. The number of rotatable bonds is 4. The first-order valence-corrected chi connectivity index (χ1v) is 7.02. The Labute approximate surface area is 128 Å². The van der Waals surface area contributed by atoms with Gasteiger partial charge in [-0.05, 0) is 42.8 Å². The van der Waals surface area contributed by atoms with Crippen molar-refractivity contribution in [3.63, 3.8) is 0 Å². The maximum absolute atomic E-state index is 12.3. The van der Waals surface area contributed by atoms with Crippen LogP contribution in [-0.2, 0) is 0 Å². The molecule has 0 aromatic heterocycles. The van der Waals surface area contributed by atoms with Crippen molar-refractivity contribution in [3.05, 3.63) is 53.6 Å². The zero-order valence-corrected chi connectivity index (χ0v) is 12.5. The number of hydrogen-bond donors (Lipinski definition) is 1. The van der Waals surface area contributed by atoms with E-state index in [0.29, 0.717) is 17.1 Å². The molecule has 0 saturated carbocycles. The van der Waals surface area contributed by atoms with E-state index in [4.69, 9.17) is 14.2 Å². The van der Waals surface area contributed by atoms with Crippen molar-refractivity contribution in [1.82, 2.24) is 5.32 Å². The standard InChI is InChI=1S/C17H17NO4/c1-11(12-4-3-5-14(8-12)20-2)18-17(19)13-6-7-15-16(9-13)22-10-21-15/h3-9,11H,10H2,1-2H3,(H,18,19)/t11-/m1/s1. The third-order valence-electron chi connectivity index (χ3n) is 3.58. The summed E-state index contributed by atoms with van der Waals surface area (Å²) in [5.74, 6) is 1.87. The molecule has 3 rings (SSSR count). The summed E-state index contributed by atoms with van der Waals surface area (Å²) in [4.78, 5) is 12.3. The van der Waals surface area contributed by atoms with Crippen LogP contribution in [0, 0.1) is 0 Å². The fourth-order valence-corrected chi connectivity index (χ4v) is 2.31. The molecule has 1 aliphatic heterocycles. The zero-order valence-electron chi connectivity index (χ0n) is 12.5. The lowest BCUT2D eigenvalue weighted by Crippen LogP contribution is -2.26. The van der Waals surface area contributed by atoms with E-state index in [9.17, 15) is 4.79 Å². The minimum absolute atomic E-state index is 0.131. The lowest BCUT2D eigenvalue weighted by Gasteiger charge is -2.15. The third kappa shape index (κ3) is 2.83. The average molecular weight is 299 g/mol. The van der Waals surface area contributed by atoms with Crippen molar-refractivity contribution in [2.75, 3.05) is 13.9 Å². The SMILES string of the molecule is COc1cccc([C@@H](C)NC(=O)c2ccc3c(c2)OCO3)c1. The topological polar surface area (TPSA) is 56.8 Å². The van der Waals surface area contributed by atoms with Gasteiger partial charge in [-0.25, -0.2) is 0 Å². The van der Waals surface area contributed by atoms with Crippen molar-refractivity contribution in [2.24, 2.45) is 0 Å². The molecule has 5 heteroatoms. The molecule has 114 valence electrons. The van der Waals surface area contributed by atoms with Crippen LogP contribution in [0.4, 0.5) is 0 Å². The Balaban J connectivity index is 1.73. The van der Waals surface area contributed by atoms with Crippen molar-refractivity contribution < 1.29 is 19.0 Å². The number of benzene rings is 2. The molecule has 0 fully saturated rings. The minimum Gasteiger partial charge on any atom is -0.497 e. The highest BCUT2D eigenvalue weighted by Crippen LogP contribution is 2.32. The molecular formula is C17H17NO4. The van der Waals surface area contributed by atoms with E-state index >= 15 is 0 Å². The van der Waals surface area contributed by atoms with Gasteiger partial charge in [0.2, 0.25) is 6.79 Å². The van der Waals surface area contributed by atoms with Gasteiger partial charge in [0.15, 0.2) is 11.5 Å². The smallest absolute Gasteiger partial charge is 0.251 e. The molecule has 0 unspecified atom stereocenters. The zero-order chi connectivity index (χ0) is 15.5. The Morgan fingerprint density at radius 3 is 2.82 bits per heavy atom. The summed E-state index contributed by atoms with van der Waals surface area (Å²) in [6, 6.07) is 12.7. The van der Waals surface area contributed by atoms with Gasteiger partial charge in [0, 0.05) is 5.56 Å². The Morgan fingerprint density at radius 2 is 2.00 bits per heavy atom. The van der Waals surface area contributed by atoms with Crippen molar-refractivity contribution in [3.8, 4) is 17.2 Å². The van der Waals surface area contributed by atoms with Crippen molar-refractivity contribution in [2.45, 2.75) is 13.0 Å². The molecule has 5 nitrogen and oxygen atoms in total. The van der Waals surface area contributed by atoms with Crippen molar-refractivity contribution in [1.29, 1.82) is 0 Å². The summed E-state index contributed by atoms with van der Waals surface area (Å²) in [5.41, 5.74) is 1.52. The summed E-state index contributed by atoms with van der Waals surface area (Å²) in [5, 5.41) is 2.96. The second-order valence-corrected chi connectivity index (χ2v) is 5.04. The van der Waals surface area contributed by atoms with Gasteiger partial charge in [0.25, 0.3) is 5.91 Å². The number of nitrogens with one attached hydrogen (secondary N) is 1. The van der Waals surface area contributed by atoms with E-state index < -0.39 is 0 Å². The van der Waals surface area contributed by atoms with E-state index in [2.05, 4.69) is 5.32 Å². The Morgan fingerprint density at radius 1 is 1.18 bits per heavy atom. The fraction of sp³-hybridized carbons (Fsp3) is 0.235. The normalized spacial score (nSPS) is 13.5. The predicted octanol–water partition coefficient (Wildman–Crippen LogP) is 2.91. The molecule has 0 spiro atoms. The lowest BCUT2D eigenvalue weighted by atomic mass is 10.1. The van der Waals surface area contributed by atoms with Crippen LogP contribution in [0.2, 0.25) is 0 Å². The van der Waals surface area contributed by atoms with Crippen LogP contribution in [0.15, 0.2) is 42.5 Å². The van der Waals surface area contributed by atoms with Crippen LogP contribution in [0.5, 0.6) is 17.2 Å². The molecule has 2 aromatic rings. The molecular weight excluding hydrogens is 282 g/mol. The van der Waals surface area contributed by atoms with Gasteiger partial charge < -0.3 is 19.5 Å². The molecule has 1 amide bonds. The number of ether oxygens (including phenoxy) is 3. The first-order chi connectivity index (χ1) is 10.7. The molecule has 22 heavy (non-hydrogen) atoms. The van der Waals surface area contributed by atoms with E-state index in [0.717, 1.165) is 11.3 Å². The second kappa shape index (κ2) is 5.97. The maximum Gasteiger partial charge on any atom is 0.251 e. The van der Waals surface area contributed by atoms with Crippen LogP contribution >= 0.6 is 0 Å². The van der Waals surface area contributed by atoms with E-state index in [-0.39, 0.29) is 18.7 Å². The van der Waals surface area contributed by atoms with Gasteiger partial charge in [-0.3, -0.25) is 4.79 Å². The molecule has 1 heterocycles. The molecule has 2 aromatic carbocycles. The average Bonchev–Trinajstić information content (AvgIpc) is 3.02. The molecule has 0 radical (unpaired) electrons. The summed E-state index contributed by atoms with van der Waals surface area (Å²) >= 11 is 0. The predicted molar refractivity (Wildman–Crippen MR) is 81.4 cm³/mol. The molecule has 1 atom stereocenters. The quantitative estimate of drug-likeness (QED) is 0.943. The fourth-order valence-electron chi connectivity index (χ4n) is 2.31. The number of methoxy groups -OCH3 is 1. The number of carbonyl (C=O) groups excluding carboxylic acids is 1. The number of fused-ring (bicyclic) bond motifs is 1. The molecule has 0 aliphatic carbocycles. The summed E-state index contributed by atoms with van der Waals surface area (Å²) in [7, 11) is 1.62. The number of amides is 1. The van der Waals surface area contributed by atoms with E-state index in [1.807, 2.05) is 31.2 Å². The highest BCUT2D eigenvalue weighted by molar-refractivity contribution is 5.95. The summed E-state index contributed by atoms with van der Waals surface area (Å²) < 4.78 is 15.7. The monoisotopic (exact) mass is 299 g/mol. The van der Waals surface area contributed by atoms with Crippen LogP contribution in [0.25, 0.3) is 0 Å². The molecule has 0 saturated heterocycles. The third-order valence-corrected chi connectivity index (χ3v) is 3.58. The van der Waals surface area contributed by atoms with Gasteiger partial charge in [-0.2, -0.15) is 0 Å². The summed E-state index contributed by atoms with van der Waals surface area (Å²) in [6.45, 7) is 2.13. The van der Waals surface area contributed by atoms with E-state index in [1.54, 1.807) is 25.3 Å². The maximum atomic E-state index is 12.3. The van der Waals surface area contributed by atoms with Crippen LogP contribution in [-0.4, -0.2) is 19.8 Å². The van der Waals surface area contributed by atoms with Crippen LogP contribution < -0.4 is 19.5 Å². The molecule has 0 bridgehead atoms. The van der Waals surface area contributed by atoms with Crippen LogP contribution in [0.3, 0.4) is 0 Å². The number of carbonyl (C=O) groups is 1. The van der Waals surface area contributed by atoms with E-state index in [1.165, 1.54) is 0 Å². The summed E-state index contributed by atoms with van der Waals surface area (Å²) in [6.07, 6.45) is 0. The van der Waals surface area contributed by atoms with Gasteiger partial charge in [-0.1, -0.05) is 12.1 Å². The molecule has 1 aliphatic rings. The Hall–Kier alpha value is -2.69.